The highest BCUT2D eigenvalue weighted by Gasteiger charge is 2.42. The highest BCUT2D eigenvalue weighted by atomic mass is 16.7. The molecular weight excluding hydrogens is 456 g/mol. The third-order valence-electron chi connectivity index (χ3n) is 6.81. The van der Waals surface area contributed by atoms with Gasteiger partial charge < -0.3 is 13.9 Å². The lowest BCUT2D eigenvalue weighted by molar-refractivity contribution is -0.237. The second-order valence-corrected chi connectivity index (χ2v) is 8.98. The molecule has 1 aliphatic heterocycles. The van der Waals surface area contributed by atoms with E-state index >= 15 is 0 Å². The van der Waals surface area contributed by atoms with E-state index in [9.17, 15) is 4.79 Å². The molecule has 3 unspecified atom stereocenters. The summed E-state index contributed by atoms with van der Waals surface area (Å²) in [6.07, 6.45) is 0.876. The van der Waals surface area contributed by atoms with E-state index in [1.54, 1.807) is 14.2 Å². The van der Waals surface area contributed by atoms with E-state index in [1.165, 1.54) is 0 Å². The molecule has 7 heteroatoms. The largest absolute Gasteiger partial charge is 0.497 e. The predicted octanol–water partition coefficient (Wildman–Crippen LogP) is 5.71. The molecule has 0 N–H and O–H groups in total. The van der Waals surface area contributed by atoms with E-state index in [0.29, 0.717) is 25.3 Å². The quantitative estimate of drug-likeness (QED) is 0.316. The number of ketones is 1. The summed E-state index contributed by atoms with van der Waals surface area (Å²) in [6, 6.07) is 22.9. The second kappa shape index (κ2) is 10.5. The first kappa shape index (κ1) is 24.0. The number of hydrogen-bond donors (Lipinski definition) is 0. The maximum atomic E-state index is 13.2. The minimum atomic E-state index is -0.257. The molecule has 0 bridgehead atoms. The Bertz CT molecular complexity index is 1280. The van der Waals surface area contributed by atoms with Crippen LogP contribution in [-0.4, -0.2) is 36.7 Å². The summed E-state index contributed by atoms with van der Waals surface area (Å²) in [6.45, 7) is 2.34. The number of benzene rings is 3. The van der Waals surface area contributed by atoms with Gasteiger partial charge in [-0.3, -0.25) is 9.63 Å². The van der Waals surface area contributed by atoms with Crippen LogP contribution >= 0.6 is 0 Å². The highest BCUT2D eigenvalue weighted by Crippen LogP contribution is 2.44. The molecule has 3 atom stereocenters. The third-order valence-corrected chi connectivity index (χ3v) is 6.81. The molecule has 0 spiro atoms. The van der Waals surface area contributed by atoms with Gasteiger partial charge in [0.1, 0.15) is 22.8 Å². The molecule has 1 aliphatic rings. The van der Waals surface area contributed by atoms with Crippen LogP contribution < -0.4 is 9.47 Å². The molecule has 0 radical (unpaired) electrons. The number of carbonyl (C=O) groups is 1. The van der Waals surface area contributed by atoms with Crippen molar-refractivity contribution in [3.05, 3.63) is 89.8 Å². The lowest BCUT2D eigenvalue weighted by Crippen LogP contribution is -2.45. The summed E-state index contributed by atoms with van der Waals surface area (Å²) in [4.78, 5) is 24.2. The van der Waals surface area contributed by atoms with Gasteiger partial charge in [-0.2, -0.15) is 5.06 Å². The molecule has 0 aliphatic carbocycles. The van der Waals surface area contributed by atoms with Crippen molar-refractivity contribution in [2.75, 3.05) is 20.8 Å². The molecule has 3 aromatic carbocycles. The highest BCUT2D eigenvalue weighted by molar-refractivity contribution is 5.83. The number of Topliss-reactive ketones (excluding diaryl/α,β-unsaturated/α-hetero) is 1. The number of fused-ring (bicyclic) bond motifs is 1. The number of carbonyl (C=O) groups excluding carboxylic acids is 1. The van der Waals surface area contributed by atoms with Gasteiger partial charge in [0.15, 0.2) is 11.5 Å². The maximum Gasteiger partial charge on any atom is 0.197 e. The average molecular weight is 487 g/mol. The molecule has 5 rings (SSSR count). The number of oxazole rings is 1. The number of nitrogens with zero attached hydrogens (tertiary/aromatic N) is 2. The molecule has 1 saturated heterocycles. The Labute approximate surface area is 210 Å². The number of rotatable bonds is 8. The van der Waals surface area contributed by atoms with Gasteiger partial charge in [0, 0.05) is 18.8 Å². The minimum Gasteiger partial charge on any atom is -0.497 e. The molecule has 7 nitrogen and oxygen atoms in total. The van der Waals surface area contributed by atoms with E-state index in [4.69, 9.17) is 18.7 Å². The van der Waals surface area contributed by atoms with E-state index in [0.717, 1.165) is 33.7 Å². The lowest BCUT2D eigenvalue weighted by atomic mass is 9.81. The van der Waals surface area contributed by atoms with Crippen molar-refractivity contribution in [2.45, 2.75) is 31.8 Å². The Morgan fingerprint density at radius 3 is 2.19 bits per heavy atom. The van der Waals surface area contributed by atoms with Crippen molar-refractivity contribution < 1.29 is 23.5 Å². The van der Waals surface area contributed by atoms with Crippen LogP contribution in [0.15, 0.2) is 77.2 Å². The van der Waals surface area contributed by atoms with Crippen molar-refractivity contribution in [1.82, 2.24) is 10.0 Å². The van der Waals surface area contributed by atoms with Crippen molar-refractivity contribution in [1.29, 1.82) is 0 Å². The Balaban J connectivity index is 1.44. The van der Waals surface area contributed by atoms with Crippen LogP contribution in [0.3, 0.4) is 0 Å². The zero-order valence-electron chi connectivity index (χ0n) is 20.7. The zero-order valence-corrected chi connectivity index (χ0v) is 20.7. The molecular formula is C29H30N2O5. The summed E-state index contributed by atoms with van der Waals surface area (Å²) in [5.41, 5.74) is 3.59. The van der Waals surface area contributed by atoms with Crippen molar-refractivity contribution in [3.63, 3.8) is 0 Å². The number of methoxy groups -OCH3 is 2. The number of ether oxygens (including phenoxy) is 2. The first-order chi connectivity index (χ1) is 17.6. The topological polar surface area (TPSA) is 74.0 Å². The maximum absolute atomic E-state index is 13.2. The van der Waals surface area contributed by atoms with Gasteiger partial charge in [0.25, 0.3) is 0 Å². The van der Waals surface area contributed by atoms with Crippen LogP contribution in [0.4, 0.5) is 0 Å². The molecule has 1 aromatic heterocycles. The van der Waals surface area contributed by atoms with E-state index in [-0.39, 0.29) is 23.8 Å². The molecule has 0 amide bonds. The molecule has 0 saturated carbocycles. The Kier molecular flexibility index (Phi) is 7.02. The van der Waals surface area contributed by atoms with E-state index < -0.39 is 0 Å². The fourth-order valence-electron chi connectivity index (χ4n) is 4.82. The molecule has 2 heterocycles. The number of para-hydroxylation sites is 2. The van der Waals surface area contributed by atoms with Gasteiger partial charge in [0.05, 0.1) is 32.9 Å². The SMILES string of the molecule is COc1ccc(C2CC(=O)C(C)C(c3ccc(OC)cc3)N2OCCc2nc3ccccc3o2)cc1. The first-order valence-electron chi connectivity index (χ1n) is 12.1. The van der Waals surface area contributed by atoms with Crippen LogP contribution in [0.1, 0.15) is 42.4 Å². The summed E-state index contributed by atoms with van der Waals surface area (Å²) in [7, 11) is 3.28. The van der Waals surface area contributed by atoms with Crippen LogP contribution in [0.5, 0.6) is 11.5 Å². The van der Waals surface area contributed by atoms with E-state index in [1.807, 2.05) is 84.8 Å². The zero-order chi connectivity index (χ0) is 25.1. The average Bonchev–Trinajstić information content (AvgIpc) is 3.34. The van der Waals surface area contributed by atoms with E-state index in [2.05, 4.69) is 4.98 Å². The molecule has 36 heavy (non-hydrogen) atoms. The number of hydroxylamine groups is 2. The van der Waals surface area contributed by atoms with Gasteiger partial charge in [-0.15, -0.1) is 0 Å². The fourth-order valence-corrected chi connectivity index (χ4v) is 4.82. The van der Waals surface area contributed by atoms with Crippen molar-refractivity contribution in [3.8, 4) is 11.5 Å². The molecule has 1 fully saturated rings. The van der Waals surface area contributed by atoms with Crippen molar-refractivity contribution >= 4 is 16.9 Å². The first-order valence-corrected chi connectivity index (χ1v) is 12.1. The van der Waals surface area contributed by atoms with Crippen molar-refractivity contribution in [2.24, 2.45) is 5.92 Å². The van der Waals surface area contributed by atoms with Crippen LogP contribution in [0.2, 0.25) is 0 Å². The smallest absolute Gasteiger partial charge is 0.197 e. The molecule has 186 valence electrons. The van der Waals surface area contributed by atoms with Gasteiger partial charge in [-0.1, -0.05) is 43.3 Å². The standard InChI is InChI=1S/C29H30N2O5/c1-19-26(32)18-25(20-8-12-22(33-2)13-9-20)31(29(19)21-10-14-23(34-3)15-11-21)35-17-16-28-30-24-6-4-5-7-27(24)36-28/h4-15,19,25,29H,16-18H2,1-3H3. The lowest BCUT2D eigenvalue weighted by Gasteiger charge is -2.44. The summed E-state index contributed by atoms with van der Waals surface area (Å²) >= 11 is 0. The minimum absolute atomic E-state index is 0.204. The monoisotopic (exact) mass is 486 g/mol. The number of piperidine rings is 1. The number of aromatic nitrogens is 1. The van der Waals surface area contributed by atoms with Gasteiger partial charge in [-0.25, -0.2) is 4.98 Å². The molecule has 4 aromatic rings. The second-order valence-electron chi connectivity index (χ2n) is 8.98. The van der Waals surface area contributed by atoms with Gasteiger partial charge in [-0.05, 0) is 47.5 Å². The predicted molar refractivity (Wildman–Crippen MR) is 136 cm³/mol. The Hall–Kier alpha value is -3.68. The summed E-state index contributed by atoms with van der Waals surface area (Å²) in [5, 5.41) is 1.98. The summed E-state index contributed by atoms with van der Waals surface area (Å²) in [5.74, 6) is 2.13. The van der Waals surface area contributed by atoms with Gasteiger partial charge in [0.2, 0.25) is 0 Å². The Morgan fingerprint density at radius 1 is 0.917 bits per heavy atom. The third kappa shape index (κ3) is 4.85. The van der Waals surface area contributed by atoms with Gasteiger partial charge >= 0.3 is 0 Å². The normalized spacial score (nSPS) is 20.5. The van der Waals surface area contributed by atoms with Crippen LogP contribution in [-0.2, 0) is 16.1 Å². The van der Waals surface area contributed by atoms with Crippen LogP contribution in [0.25, 0.3) is 11.1 Å². The number of hydrogen-bond acceptors (Lipinski definition) is 7. The summed E-state index contributed by atoms with van der Waals surface area (Å²) < 4.78 is 16.6. The fraction of sp³-hybridized carbons (Fsp3) is 0.310. The Morgan fingerprint density at radius 2 is 1.56 bits per heavy atom. The van der Waals surface area contributed by atoms with Crippen LogP contribution in [0, 0.1) is 5.92 Å².